The molecule has 0 aromatic heterocycles. The summed E-state index contributed by atoms with van der Waals surface area (Å²) in [6, 6.07) is 16.7. The molecule has 0 bridgehead atoms. The number of benzene rings is 2. The number of likely N-dealkylation sites (N-methyl/N-ethyl adjacent to an activating group) is 1. The number of nitrogens with zero attached hydrogens (tertiary/aromatic N) is 3. The van der Waals surface area contributed by atoms with Crippen LogP contribution in [0.2, 0.25) is 0 Å². The van der Waals surface area contributed by atoms with Crippen LogP contribution in [0.5, 0.6) is 11.5 Å². The number of hydrogen-bond acceptors (Lipinski definition) is 4. The van der Waals surface area contributed by atoms with Crippen molar-refractivity contribution in [1.82, 2.24) is 9.80 Å². The molecular weight excluding hydrogens is 298 g/mol. The number of rotatable bonds is 4. The van der Waals surface area contributed by atoms with Crippen molar-refractivity contribution in [3.05, 3.63) is 48.5 Å². The molecular formula is C20H25N3O. The molecule has 126 valence electrons. The minimum Gasteiger partial charge on any atom is -0.453 e. The Morgan fingerprint density at radius 3 is 2.00 bits per heavy atom. The number of para-hydroxylation sites is 4. The Balaban J connectivity index is 1.46. The maximum atomic E-state index is 6.06. The van der Waals surface area contributed by atoms with Crippen molar-refractivity contribution in [3.8, 4) is 11.5 Å². The normalized spacial score (nSPS) is 18.0. The Morgan fingerprint density at radius 1 is 0.792 bits per heavy atom. The Labute approximate surface area is 144 Å². The largest absolute Gasteiger partial charge is 0.453 e. The molecule has 1 saturated heterocycles. The van der Waals surface area contributed by atoms with E-state index in [2.05, 4.69) is 58.1 Å². The lowest BCUT2D eigenvalue weighted by Crippen LogP contribution is -2.45. The Hall–Kier alpha value is -2.04. The van der Waals surface area contributed by atoms with Gasteiger partial charge in [-0.25, -0.2) is 0 Å². The lowest BCUT2D eigenvalue weighted by atomic mass is 10.1. The van der Waals surface area contributed by atoms with E-state index in [4.69, 9.17) is 4.74 Å². The first kappa shape index (κ1) is 15.5. The molecule has 2 heterocycles. The third-order valence-electron chi connectivity index (χ3n) is 4.98. The van der Waals surface area contributed by atoms with Gasteiger partial charge in [0, 0.05) is 32.7 Å². The highest BCUT2D eigenvalue weighted by Gasteiger charge is 2.23. The number of anilines is 2. The molecule has 2 aromatic rings. The Kier molecular flexibility index (Phi) is 4.41. The van der Waals surface area contributed by atoms with E-state index >= 15 is 0 Å². The predicted octanol–water partition coefficient (Wildman–Crippen LogP) is 3.57. The van der Waals surface area contributed by atoms with Gasteiger partial charge in [-0.1, -0.05) is 24.3 Å². The van der Waals surface area contributed by atoms with Crippen molar-refractivity contribution in [2.24, 2.45) is 0 Å². The molecule has 0 spiro atoms. The van der Waals surface area contributed by atoms with E-state index in [9.17, 15) is 0 Å². The topological polar surface area (TPSA) is 19.0 Å². The van der Waals surface area contributed by atoms with Gasteiger partial charge in [-0.3, -0.25) is 0 Å². The Morgan fingerprint density at radius 2 is 1.38 bits per heavy atom. The van der Waals surface area contributed by atoms with Crippen LogP contribution in [-0.4, -0.2) is 56.1 Å². The summed E-state index contributed by atoms with van der Waals surface area (Å²) in [5.41, 5.74) is 2.35. The van der Waals surface area contributed by atoms with E-state index in [1.54, 1.807) is 0 Å². The van der Waals surface area contributed by atoms with Crippen molar-refractivity contribution in [2.45, 2.75) is 6.42 Å². The zero-order chi connectivity index (χ0) is 16.4. The maximum Gasteiger partial charge on any atom is 0.151 e. The van der Waals surface area contributed by atoms with Gasteiger partial charge in [0.25, 0.3) is 0 Å². The van der Waals surface area contributed by atoms with E-state index in [1.165, 1.54) is 37.6 Å². The molecule has 0 atom stereocenters. The Bertz CT molecular complexity index is 649. The third-order valence-corrected chi connectivity index (χ3v) is 4.98. The summed E-state index contributed by atoms with van der Waals surface area (Å²) in [6.07, 6.45) is 1.16. The molecule has 4 nitrogen and oxygen atoms in total. The summed E-state index contributed by atoms with van der Waals surface area (Å²) in [7, 11) is 2.21. The molecule has 0 radical (unpaired) electrons. The quantitative estimate of drug-likeness (QED) is 0.856. The fourth-order valence-corrected chi connectivity index (χ4v) is 3.55. The highest BCUT2D eigenvalue weighted by Crippen LogP contribution is 2.46. The molecule has 0 unspecified atom stereocenters. The lowest BCUT2D eigenvalue weighted by Gasteiger charge is -2.35. The molecule has 4 rings (SSSR count). The first-order valence-electron chi connectivity index (χ1n) is 8.85. The number of hydrogen-bond donors (Lipinski definition) is 0. The number of piperazine rings is 1. The first-order chi connectivity index (χ1) is 11.8. The van der Waals surface area contributed by atoms with Crippen LogP contribution in [0, 0.1) is 0 Å². The number of ether oxygens (including phenoxy) is 1. The van der Waals surface area contributed by atoms with Crippen LogP contribution in [0.1, 0.15) is 6.42 Å². The van der Waals surface area contributed by atoms with Crippen LogP contribution in [-0.2, 0) is 0 Å². The summed E-state index contributed by atoms with van der Waals surface area (Å²) < 4.78 is 6.06. The zero-order valence-corrected chi connectivity index (χ0v) is 14.3. The molecule has 2 aromatic carbocycles. The van der Waals surface area contributed by atoms with Gasteiger partial charge >= 0.3 is 0 Å². The minimum absolute atomic E-state index is 0.954. The van der Waals surface area contributed by atoms with E-state index in [0.717, 1.165) is 31.0 Å². The molecule has 1 fully saturated rings. The first-order valence-corrected chi connectivity index (χ1v) is 8.85. The highest BCUT2D eigenvalue weighted by atomic mass is 16.5. The third kappa shape index (κ3) is 3.12. The lowest BCUT2D eigenvalue weighted by molar-refractivity contribution is 0.153. The average Bonchev–Trinajstić information content (AvgIpc) is 2.63. The van der Waals surface area contributed by atoms with Gasteiger partial charge in [-0.15, -0.1) is 0 Å². The summed E-state index contributed by atoms with van der Waals surface area (Å²) >= 11 is 0. The van der Waals surface area contributed by atoms with Crippen LogP contribution in [0.3, 0.4) is 0 Å². The van der Waals surface area contributed by atoms with Crippen LogP contribution in [0.25, 0.3) is 0 Å². The maximum absolute atomic E-state index is 6.06. The molecule has 2 aliphatic heterocycles. The molecule has 0 N–H and O–H groups in total. The fourth-order valence-electron chi connectivity index (χ4n) is 3.55. The minimum atomic E-state index is 0.954. The van der Waals surface area contributed by atoms with Crippen molar-refractivity contribution in [3.63, 3.8) is 0 Å². The van der Waals surface area contributed by atoms with Gasteiger partial charge < -0.3 is 19.4 Å². The summed E-state index contributed by atoms with van der Waals surface area (Å²) in [4.78, 5) is 7.40. The smallest absolute Gasteiger partial charge is 0.151 e. The van der Waals surface area contributed by atoms with E-state index in [0.29, 0.717) is 0 Å². The fraction of sp³-hybridized carbons (Fsp3) is 0.400. The number of fused-ring (bicyclic) bond motifs is 2. The SMILES string of the molecule is CN1CCN(CCCN2c3ccccc3Oc3ccccc32)CC1. The molecule has 4 heteroatoms. The molecule has 24 heavy (non-hydrogen) atoms. The van der Waals surface area contributed by atoms with Gasteiger partial charge in [-0.05, 0) is 44.3 Å². The second kappa shape index (κ2) is 6.83. The summed E-state index contributed by atoms with van der Waals surface area (Å²) in [5, 5.41) is 0. The molecule has 0 aliphatic carbocycles. The van der Waals surface area contributed by atoms with Crippen LogP contribution in [0.15, 0.2) is 48.5 Å². The average molecular weight is 323 g/mol. The van der Waals surface area contributed by atoms with E-state index in [1.807, 2.05) is 12.1 Å². The monoisotopic (exact) mass is 323 g/mol. The molecule has 2 aliphatic rings. The van der Waals surface area contributed by atoms with Gasteiger partial charge in [0.1, 0.15) is 0 Å². The molecule has 0 saturated carbocycles. The highest BCUT2D eigenvalue weighted by molar-refractivity contribution is 5.77. The standard InChI is InChI=1S/C20H25N3O/c1-21-13-15-22(16-14-21)11-6-12-23-17-7-2-4-9-19(17)24-20-10-5-3-8-18(20)23/h2-5,7-10H,6,11-16H2,1H3. The zero-order valence-electron chi connectivity index (χ0n) is 14.3. The van der Waals surface area contributed by atoms with Gasteiger partial charge in [0.05, 0.1) is 11.4 Å². The van der Waals surface area contributed by atoms with Crippen LogP contribution in [0.4, 0.5) is 11.4 Å². The summed E-state index contributed by atoms with van der Waals surface area (Å²) in [5.74, 6) is 1.91. The van der Waals surface area contributed by atoms with Gasteiger partial charge in [-0.2, -0.15) is 0 Å². The van der Waals surface area contributed by atoms with E-state index < -0.39 is 0 Å². The summed E-state index contributed by atoms with van der Waals surface area (Å²) in [6.45, 7) is 6.92. The van der Waals surface area contributed by atoms with Crippen molar-refractivity contribution in [1.29, 1.82) is 0 Å². The van der Waals surface area contributed by atoms with E-state index in [-0.39, 0.29) is 0 Å². The van der Waals surface area contributed by atoms with Crippen LogP contribution >= 0.6 is 0 Å². The van der Waals surface area contributed by atoms with Crippen molar-refractivity contribution in [2.75, 3.05) is 51.2 Å². The molecule has 0 amide bonds. The van der Waals surface area contributed by atoms with Crippen LogP contribution < -0.4 is 9.64 Å². The van der Waals surface area contributed by atoms with Crippen molar-refractivity contribution >= 4 is 11.4 Å². The van der Waals surface area contributed by atoms with Crippen molar-refractivity contribution < 1.29 is 4.74 Å². The van der Waals surface area contributed by atoms with Gasteiger partial charge in [0.2, 0.25) is 0 Å². The predicted molar refractivity (Wildman–Crippen MR) is 98.5 cm³/mol. The second-order valence-electron chi connectivity index (χ2n) is 6.69. The second-order valence-corrected chi connectivity index (χ2v) is 6.69. The van der Waals surface area contributed by atoms with Gasteiger partial charge in [0.15, 0.2) is 11.5 Å².